The first-order valence-electron chi connectivity index (χ1n) is 5.33. The topological polar surface area (TPSA) is 87.6 Å². The summed E-state index contributed by atoms with van der Waals surface area (Å²) in [6.45, 7) is 5.13. The maximum atomic E-state index is 12.0. The smallest absolute Gasteiger partial charge is 0.340 e. The minimum Gasteiger partial charge on any atom is -0.478 e. The zero-order valence-electron chi connectivity index (χ0n) is 10.7. The molecule has 1 N–H and O–H groups in total. The lowest BCUT2D eigenvalue weighted by molar-refractivity contribution is 0.0697. The number of anilines is 1. The summed E-state index contributed by atoms with van der Waals surface area (Å²) in [5.41, 5.74) is 0.281. The lowest BCUT2D eigenvalue weighted by atomic mass is 10.2. The highest BCUT2D eigenvalue weighted by Gasteiger charge is 2.27. The summed E-state index contributed by atoms with van der Waals surface area (Å²) in [5, 5.41) is 9.23. The van der Waals surface area contributed by atoms with E-state index in [1.165, 1.54) is 7.05 Å². The maximum absolute atomic E-state index is 12.0. The summed E-state index contributed by atoms with van der Waals surface area (Å²) >= 11 is 0.882. The normalized spacial score (nSPS) is 11.8. The average Bonchev–Trinajstić information content (AvgIpc) is 2.56. The highest BCUT2D eigenvalue weighted by atomic mass is 32.2. The Balaban J connectivity index is 3.20. The average molecular weight is 292 g/mol. The summed E-state index contributed by atoms with van der Waals surface area (Å²) in [5.74, 6) is -1.22. The largest absolute Gasteiger partial charge is 0.478 e. The number of aromatic carboxylic acids is 1. The molecule has 0 saturated carbocycles. The second kappa shape index (κ2) is 5.23. The summed E-state index contributed by atoms with van der Waals surface area (Å²) in [7, 11) is -2.16. The molecule has 1 aromatic heterocycles. The van der Waals surface area contributed by atoms with Gasteiger partial charge in [-0.05, 0) is 24.4 Å². The first-order valence-corrected chi connectivity index (χ1v) is 7.71. The van der Waals surface area contributed by atoms with Gasteiger partial charge in [0, 0.05) is 7.05 Å². The fraction of sp³-hybridized carbons (Fsp3) is 0.600. The number of carboxylic acid groups (broad SMARTS) is 1. The molecule has 0 radical (unpaired) electrons. The first kappa shape index (κ1) is 14.9. The van der Waals surface area contributed by atoms with Crippen molar-refractivity contribution in [2.24, 2.45) is 5.92 Å². The zero-order chi connectivity index (χ0) is 14.1. The molecule has 0 spiro atoms. The molecule has 0 bridgehead atoms. The molecule has 0 amide bonds. The Morgan fingerprint density at radius 1 is 1.50 bits per heavy atom. The van der Waals surface area contributed by atoms with Crippen LogP contribution in [0.1, 0.15) is 29.9 Å². The van der Waals surface area contributed by atoms with Gasteiger partial charge in [-0.3, -0.25) is 4.31 Å². The van der Waals surface area contributed by atoms with Gasteiger partial charge in [-0.2, -0.15) is 4.37 Å². The lowest BCUT2D eigenvalue weighted by Crippen LogP contribution is -2.31. The van der Waals surface area contributed by atoms with Gasteiger partial charge in [-0.25, -0.2) is 13.2 Å². The molecule has 1 aromatic rings. The third-order valence-corrected chi connectivity index (χ3v) is 5.54. The molecule has 0 aliphatic rings. The molecule has 0 atom stereocenters. The van der Waals surface area contributed by atoms with Crippen molar-refractivity contribution in [2.75, 3.05) is 17.1 Å². The number of sulfonamides is 1. The van der Waals surface area contributed by atoms with Gasteiger partial charge in [0.15, 0.2) is 0 Å². The number of nitrogens with zero attached hydrogens (tertiary/aromatic N) is 2. The zero-order valence-corrected chi connectivity index (χ0v) is 12.3. The van der Waals surface area contributed by atoms with Gasteiger partial charge in [0.05, 0.1) is 11.4 Å². The summed E-state index contributed by atoms with van der Waals surface area (Å²) in [6, 6.07) is 0. The predicted molar refractivity (Wildman–Crippen MR) is 70.8 cm³/mol. The van der Waals surface area contributed by atoms with E-state index in [1.807, 2.05) is 0 Å². The molecular formula is C10H16N2O4S2. The fourth-order valence-corrected chi connectivity index (χ4v) is 4.08. The molecule has 0 saturated heterocycles. The van der Waals surface area contributed by atoms with Crippen molar-refractivity contribution in [3.8, 4) is 0 Å². The van der Waals surface area contributed by atoms with Crippen molar-refractivity contribution in [1.29, 1.82) is 0 Å². The maximum Gasteiger partial charge on any atom is 0.340 e. The molecule has 0 aliphatic carbocycles. The second-order valence-electron chi connectivity index (χ2n) is 4.39. The standard InChI is InChI=1S/C10H16N2O4S2/c1-6(2)5-18(15,16)12(4)9-8(10(13)14)7(3)11-17-9/h6H,5H2,1-4H3,(H,13,14). The van der Waals surface area contributed by atoms with Crippen molar-refractivity contribution in [3.05, 3.63) is 11.3 Å². The van der Waals surface area contributed by atoms with E-state index in [9.17, 15) is 13.2 Å². The van der Waals surface area contributed by atoms with Crippen LogP contribution in [-0.2, 0) is 10.0 Å². The summed E-state index contributed by atoms with van der Waals surface area (Å²) in [4.78, 5) is 11.1. The van der Waals surface area contributed by atoms with Crippen molar-refractivity contribution in [3.63, 3.8) is 0 Å². The van der Waals surface area contributed by atoms with Crippen LogP contribution in [0.2, 0.25) is 0 Å². The minimum absolute atomic E-state index is 0.0280. The van der Waals surface area contributed by atoms with E-state index in [4.69, 9.17) is 5.11 Å². The number of carboxylic acids is 1. The summed E-state index contributed by atoms with van der Waals surface area (Å²) in [6.07, 6.45) is 0. The van der Waals surface area contributed by atoms with Crippen LogP contribution < -0.4 is 4.31 Å². The molecule has 1 heterocycles. The van der Waals surface area contributed by atoms with Crippen LogP contribution in [0.25, 0.3) is 0 Å². The van der Waals surface area contributed by atoms with Gasteiger partial charge in [0.2, 0.25) is 10.0 Å². The van der Waals surface area contributed by atoms with E-state index < -0.39 is 16.0 Å². The molecule has 0 aromatic carbocycles. The Morgan fingerprint density at radius 3 is 2.50 bits per heavy atom. The number of hydrogen-bond acceptors (Lipinski definition) is 5. The Kier molecular flexibility index (Phi) is 4.33. The van der Waals surface area contributed by atoms with Crippen molar-refractivity contribution >= 4 is 32.5 Å². The van der Waals surface area contributed by atoms with Crippen LogP contribution in [-0.4, -0.2) is 36.7 Å². The molecule has 0 unspecified atom stereocenters. The third-order valence-electron chi connectivity index (χ3n) is 2.31. The Hall–Kier alpha value is -1.15. The number of rotatable bonds is 5. The lowest BCUT2D eigenvalue weighted by Gasteiger charge is -2.19. The van der Waals surface area contributed by atoms with Crippen LogP contribution in [0.3, 0.4) is 0 Å². The van der Waals surface area contributed by atoms with E-state index in [-0.39, 0.29) is 22.2 Å². The highest BCUT2D eigenvalue weighted by Crippen LogP contribution is 2.30. The second-order valence-corrected chi connectivity index (χ2v) is 7.19. The third kappa shape index (κ3) is 2.99. The van der Waals surface area contributed by atoms with Crippen LogP contribution in [0.15, 0.2) is 0 Å². The monoisotopic (exact) mass is 292 g/mol. The van der Waals surface area contributed by atoms with Gasteiger partial charge in [-0.1, -0.05) is 13.8 Å². The van der Waals surface area contributed by atoms with Crippen LogP contribution >= 0.6 is 11.5 Å². The Bertz CT molecular complexity index is 548. The van der Waals surface area contributed by atoms with E-state index in [0.717, 1.165) is 15.8 Å². The van der Waals surface area contributed by atoms with Crippen LogP contribution in [0.4, 0.5) is 5.00 Å². The molecule has 102 valence electrons. The predicted octanol–water partition coefficient (Wildman–Crippen LogP) is 1.57. The Labute approximate surface area is 110 Å². The summed E-state index contributed by atoms with van der Waals surface area (Å²) < 4.78 is 29.0. The molecule has 0 aliphatic heterocycles. The number of carbonyl (C=O) groups is 1. The van der Waals surface area contributed by atoms with E-state index in [2.05, 4.69) is 4.37 Å². The molecular weight excluding hydrogens is 276 g/mol. The van der Waals surface area contributed by atoms with Crippen LogP contribution in [0.5, 0.6) is 0 Å². The van der Waals surface area contributed by atoms with Crippen LogP contribution in [0, 0.1) is 12.8 Å². The quantitative estimate of drug-likeness (QED) is 0.890. The van der Waals surface area contributed by atoms with Gasteiger partial charge in [-0.15, -0.1) is 0 Å². The van der Waals surface area contributed by atoms with Crippen molar-refractivity contribution in [1.82, 2.24) is 4.37 Å². The van der Waals surface area contributed by atoms with Gasteiger partial charge < -0.3 is 5.11 Å². The molecule has 18 heavy (non-hydrogen) atoms. The van der Waals surface area contributed by atoms with Crippen molar-refractivity contribution < 1.29 is 18.3 Å². The first-order chi connectivity index (χ1) is 8.16. The minimum atomic E-state index is -3.51. The molecule has 0 fully saturated rings. The van der Waals surface area contributed by atoms with Gasteiger partial charge >= 0.3 is 5.97 Å². The number of aromatic nitrogens is 1. The number of aryl methyl sites for hydroxylation is 1. The SMILES string of the molecule is Cc1nsc(N(C)S(=O)(=O)CC(C)C)c1C(=O)O. The van der Waals surface area contributed by atoms with E-state index in [1.54, 1.807) is 20.8 Å². The highest BCUT2D eigenvalue weighted by molar-refractivity contribution is 7.92. The van der Waals surface area contributed by atoms with Gasteiger partial charge in [0.25, 0.3) is 0 Å². The Morgan fingerprint density at radius 2 is 2.06 bits per heavy atom. The molecule has 1 rings (SSSR count). The van der Waals surface area contributed by atoms with Crippen molar-refractivity contribution in [2.45, 2.75) is 20.8 Å². The van der Waals surface area contributed by atoms with E-state index >= 15 is 0 Å². The number of hydrogen-bond donors (Lipinski definition) is 1. The molecule has 6 nitrogen and oxygen atoms in total. The molecule has 8 heteroatoms. The van der Waals surface area contributed by atoms with Gasteiger partial charge in [0.1, 0.15) is 10.6 Å². The van der Waals surface area contributed by atoms with E-state index in [0.29, 0.717) is 5.69 Å². The fourth-order valence-electron chi connectivity index (χ4n) is 1.48.